The maximum atomic E-state index is 12.3. The number of benzene rings is 1. The molecule has 1 saturated heterocycles. The van der Waals surface area contributed by atoms with Crippen LogP contribution in [0.3, 0.4) is 0 Å². The number of fused-ring (bicyclic) bond motifs is 1. The van der Waals surface area contributed by atoms with Crippen molar-refractivity contribution in [2.75, 3.05) is 0 Å². The van der Waals surface area contributed by atoms with E-state index < -0.39 is 17.6 Å². The number of ether oxygens (including phenoxy) is 1. The minimum Gasteiger partial charge on any atom is -0.508 e. The Morgan fingerprint density at radius 3 is 2.69 bits per heavy atom. The number of dihydropyridines is 1. The van der Waals surface area contributed by atoms with Gasteiger partial charge in [0.05, 0.1) is 0 Å². The number of hydrogen-bond acceptors (Lipinski definition) is 4. The van der Waals surface area contributed by atoms with Crippen molar-refractivity contribution in [1.29, 1.82) is 0 Å². The van der Waals surface area contributed by atoms with Crippen molar-refractivity contribution >= 4 is 17.7 Å². The largest absolute Gasteiger partial charge is 0.508 e. The minimum atomic E-state index is -0.942. The van der Waals surface area contributed by atoms with Gasteiger partial charge in [0.1, 0.15) is 29.1 Å². The molecule has 0 radical (unpaired) electrons. The maximum Gasteiger partial charge on any atom is 0.259 e. The first-order valence-electron chi connectivity index (χ1n) is 8.95. The number of aliphatic imine (C=N–C) groups is 1. The number of carbonyl (C=O) groups is 1. The lowest BCUT2D eigenvalue weighted by Gasteiger charge is -2.30. The van der Waals surface area contributed by atoms with Crippen LogP contribution in [0.5, 0.6) is 5.75 Å². The standard InChI is InChI=1S/C21H25NO4/c1-4-5-6-13(2)11-21(3)19(24)17-18(26-21)16(12-22-20(17)25)14-7-9-15(23)10-8-14/h4-5,7-10,12-13,17,19,23-24H,6,11H2,1-3H3/b5-4+/t13-,17?,19-,21+/m0/s1. The Hall–Kier alpha value is -2.40. The van der Waals surface area contributed by atoms with Gasteiger partial charge in [0.2, 0.25) is 0 Å². The molecule has 1 aromatic rings. The number of aromatic hydroxyl groups is 1. The highest BCUT2D eigenvalue weighted by molar-refractivity contribution is 6.17. The summed E-state index contributed by atoms with van der Waals surface area (Å²) in [4.78, 5) is 16.3. The van der Waals surface area contributed by atoms with Crippen LogP contribution >= 0.6 is 0 Å². The van der Waals surface area contributed by atoms with E-state index in [0.29, 0.717) is 23.7 Å². The molecule has 26 heavy (non-hydrogen) atoms. The number of rotatable bonds is 5. The lowest BCUT2D eigenvalue weighted by Crippen LogP contribution is -2.41. The van der Waals surface area contributed by atoms with Crippen molar-refractivity contribution in [2.24, 2.45) is 16.8 Å². The fourth-order valence-electron chi connectivity index (χ4n) is 3.78. The van der Waals surface area contributed by atoms with E-state index in [1.54, 1.807) is 24.3 Å². The molecule has 2 N–H and O–H groups in total. The number of carbonyl (C=O) groups excluding carboxylic acids is 1. The molecule has 1 aromatic carbocycles. The van der Waals surface area contributed by atoms with Crippen LogP contribution in [-0.4, -0.2) is 34.0 Å². The van der Waals surface area contributed by atoms with E-state index in [1.807, 2.05) is 19.9 Å². The van der Waals surface area contributed by atoms with Crippen molar-refractivity contribution in [3.63, 3.8) is 0 Å². The molecule has 5 heteroatoms. The van der Waals surface area contributed by atoms with E-state index in [0.717, 1.165) is 12.0 Å². The van der Waals surface area contributed by atoms with Gasteiger partial charge in [0, 0.05) is 11.8 Å². The molecular weight excluding hydrogens is 330 g/mol. The van der Waals surface area contributed by atoms with Crippen molar-refractivity contribution in [2.45, 2.75) is 45.3 Å². The van der Waals surface area contributed by atoms with E-state index in [-0.39, 0.29) is 11.7 Å². The third-order valence-corrected chi connectivity index (χ3v) is 5.13. The first kappa shape index (κ1) is 18.4. The fraction of sp³-hybridized carbons (Fsp3) is 0.429. The van der Waals surface area contributed by atoms with Gasteiger partial charge in [-0.3, -0.25) is 4.79 Å². The van der Waals surface area contributed by atoms with Gasteiger partial charge in [-0.2, -0.15) is 0 Å². The number of phenols is 1. The lowest BCUT2D eigenvalue weighted by molar-refractivity contribution is -0.124. The van der Waals surface area contributed by atoms with Gasteiger partial charge in [-0.05, 0) is 50.3 Å². The monoisotopic (exact) mass is 355 g/mol. The van der Waals surface area contributed by atoms with Crippen LogP contribution in [0.4, 0.5) is 0 Å². The number of hydrogen-bond donors (Lipinski definition) is 2. The Morgan fingerprint density at radius 1 is 1.35 bits per heavy atom. The predicted octanol–water partition coefficient (Wildman–Crippen LogP) is 3.47. The first-order valence-corrected chi connectivity index (χ1v) is 8.95. The zero-order valence-corrected chi connectivity index (χ0v) is 15.3. The minimum absolute atomic E-state index is 0.162. The maximum absolute atomic E-state index is 12.3. The van der Waals surface area contributed by atoms with Gasteiger partial charge >= 0.3 is 0 Å². The SMILES string of the molecule is C/C=C/C[C@H](C)C[C@@]1(C)OC2=C(c3ccc(O)cc3)C=NC(=O)C2[C@@H]1O. The average molecular weight is 355 g/mol. The summed E-state index contributed by atoms with van der Waals surface area (Å²) in [6.07, 6.45) is 6.17. The lowest BCUT2D eigenvalue weighted by atomic mass is 9.82. The number of phenolic OH excluding ortho intramolecular Hbond substituents is 1. The number of aliphatic hydroxyl groups is 1. The molecule has 4 atom stereocenters. The smallest absolute Gasteiger partial charge is 0.259 e. The van der Waals surface area contributed by atoms with Crippen molar-refractivity contribution in [3.05, 3.63) is 47.7 Å². The molecular formula is C21H25NO4. The second kappa shape index (κ2) is 7.08. The van der Waals surface area contributed by atoms with Gasteiger partial charge < -0.3 is 14.9 Å². The number of amides is 1. The van der Waals surface area contributed by atoms with Crippen LogP contribution in [0.2, 0.25) is 0 Å². The molecule has 1 fully saturated rings. The molecule has 0 bridgehead atoms. The highest BCUT2D eigenvalue weighted by Gasteiger charge is 2.54. The van der Waals surface area contributed by atoms with Crippen molar-refractivity contribution in [3.8, 4) is 5.75 Å². The van der Waals surface area contributed by atoms with E-state index in [9.17, 15) is 15.0 Å². The van der Waals surface area contributed by atoms with Gasteiger partial charge in [0.25, 0.3) is 5.91 Å². The second-order valence-corrected chi connectivity index (χ2v) is 7.37. The van der Waals surface area contributed by atoms with Crippen LogP contribution in [-0.2, 0) is 9.53 Å². The Kier molecular flexibility index (Phi) is 5.01. The summed E-state index contributed by atoms with van der Waals surface area (Å²) in [7, 11) is 0. The number of aliphatic hydroxyl groups excluding tert-OH is 1. The summed E-state index contributed by atoms with van der Waals surface area (Å²) < 4.78 is 6.21. The van der Waals surface area contributed by atoms with Crippen molar-refractivity contribution < 1.29 is 19.7 Å². The molecule has 1 amide bonds. The van der Waals surface area contributed by atoms with Gasteiger partial charge in [-0.15, -0.1) is 0 Å². The molecule has 0 saturated carbocycles. The fourth-order valence-corrected chi connectivity index (χ4v) is 3.78. The van der Waals surface area contributed by atoms with E-state index in [1.165, 1.54) is 6.21 Å². The summed E-state index contributed by atoms with van der Waals surface area (Å²) in [5.41, 5.74) is 0.628. The Balaban J connectivity index is 1.95. The van der Waals surface area contributed by atoms with Gasteiger partial charge in [0.15, 0.2) is 0 Å². The molecule has 138 valence electrons. The molecule has 2 aliphatic rings. The number of nitrogens with zero attached hydrogens (tertiary/aromatic N) is 1. The first-order chi connectivity index (χ1) is 12.4. The third-order valence-electron chi connectivity index (χ3n) is 5.13. The van der Waals surface area contributed by atoms with Crippen LogP contribution < -0.4 is 0 Å². The molecule has 0 aliphatic carbocycles. The number of allylic oxidation sites excluding steroid dienone is 3. The van der Waals surface area contributed by atoms with Crippen molar-refractivity contribution in [1.82, 2.24) is 0 Å². The van der Waals surface area contributed by atoms with Crippen LogP contribution in [0, 0.1) is 11.8 Å². The Bertz CT molecular complexity index is 778. The Morgan fingerprint density at radius 2 is 2.04 bits per heavy atom. The third kappa shape index (κ3) is 3.31. The highest BCUT2D eigenvalue weighted by Crippen LogP contribution is 2.46. The quantitative estimate of drug-likeness (QED) is 0.793. The average Bonchev–Trinajstić information content (AvgIpc) is 2.86. The van der Waals surface area contributed by atoms with Crippen LogP contribution in [0.1, 0.15) is 39.2 Å². The summed E-state index contributed by atoms with van der Waals surface area (Å²) in [5, 5.41) is 20.4. The highest BCUT2D eigenvalue weighted by atomic mass is 16.5. The van der Waals surface area contributed by atoms with Gasteiger partial charge in [-0.25, -0.2) is 4.99 Å². The molecule has 5 nitrogen and oxygen atoms in total. The summed E-state index contributed by atoms with van der Waals surface area (Å²) in [6.45, 7) is 5.95. The van der Waals surface area contributed by atoms with E-state index in [4.69, 9.17) is 4.74 Å². The molecule has 0 aromatic heterocycles. The molecule has 1 unspecified atom stereocenters. The van der Waals surface area contributed by atoms with Gasteiger partial charge in [-0.1, -0.05) is 31.2 Å². The normalized spacial score (nSPS) is 29.2. The van der Waals surface area contributed by atoms with Crippen LogP contribution in [0.15, 0.2) is 47.2 Å². The molecule has 2 heterocycles. The molecule has 2 aliphatic heterocycles. The topological polar surface area (TPSA) is 79.1 Å². The molecule has 3 rings (SSSR count). The summed E-state index contributed by atoms with van der Waals surface area (Å²) >= 11 is 0. The van der Waals surface area contributed by atoms with E-state index in [2.05, 4.69) is 18.0 Å². The summed E-state index contributed by atoms with van der Waals surface area (Å²) in [5.74, 6) is -0.207. The Labute approximate surface area is 153 Å². The zero-order chi connectivity index (χ0) is 18.9. The summed E-state index contributed by atoms with van der Waals surface area (Å²) in [6, 6.07) is 6.64. The zero-order valence-electron chi connectivity index (χ0n) is 15.3. The second-order valence-electron chi connectivity index (χ2n) is 7.37. The van der Waals surface area contributed by atoms with E-state index >= 15 is 0 Å². The predicted molar refractivity (Wildman–Crippen MR) is 101 cm³/mol. The molecule has 0 spiro atoms. The van der Waals surface area contributed by atoms with Crippen LogP contribution in [0.25, 0.3) is 5.57 Å².